The number of rotatable bonds is 4. The molecule has 1 saturated heterocycles. The van der Waals surface area contributed by atoms with Crippen LogP contribution in [0.4, 0.5) is 11.5 Å². The molecule has 3 aromatic heterocycles. The molecular weight excluding hydrogens is 428 g/mol. The Hall–Kier alpha value is -4.07. The summed E-state index contributed by atoms with van der Waals surface area (Å²) in [6.07, 6.45) is 8.45. The Morgan fingerprint density at radius 1 is 1.12 bits per heavy atom. The Labute approximate surface area is 197 Å². The lowest BCUT2D eigenvalue weighted by Gasteiger charge is -2.32. The van der Waals surface area contributed by atoms with E-state index in [0.29, 0.717) is 22.8 Å². The highest BCUT2D eigenvalue weighted by Crippen LogP contribution is 2.33. The summed E-state index contributed by atoms with van der Waals surface area (Å²) in [5, 5.41) is 4.65. The monoisotopic (exact) mass is 454 g/mol. The molecule has 2 N–H and O–H groups in total. The number of piperidine rings is 1. The first-order valence-corrected chi connectivity index (χ1v) is 11.4. The molecule has 0 atom stereocenters. The number of hydrogen-bond donors (Lipinski definition) is 2. The molecule has 1 fully saturated rings. The molecule has 1 aliphatic heterocycles. The quantitative estimate of drug-likeness (QED) is 0.480. The zero-order valence-electron chi connectivity index (χ0n) is 19.2. The summed E-state index contributed by atoms with van der Waals surface area (Å²) in [5.74, 6) is 1.07. The number of benzene rings is 1. The van der Waals surface area contributed by atoms with E-state index >= 15 is 0 Å². The van der Waals surface area contributed by atoms with Gasteiger partial charge in [0.05, 0.1) is 11.1 Å². The van der Waals surface area contributed by atoms with Crippen LogP contribution in [0.2, 0.25) is 0 Å². The smallest absolute Gasteiger partial charge is 0.259 e. The number of anilines is 2. The molecular formula is C26H26N6O2. The van der Waals surface area contributed by atoms with Crippen LogP contribution in [0.3, 0.4) is 0 Å². The highest BCUT2D eigenvalue weighted by molar-refractivity contribution is 5.95. The van der Waals surface area contributed by atoms with Crippen LogP contribution in [0.1, 0.15) is 36.8 Å². The molecule has 0 spiro atoms. The molecule has 8 nitrogen and oxygen atoms in total. The van der Waals surface area contributed by atoms with Gasteiger partial charge in [-0.15, -0.1) is 0 Å². The third kappa shape index (κ3) is 4.26. The van der Waals surface area contributed by atoms with Crippen LogP contribution in [0.15, 0.2) is 60.0 Å². The normalized spacial score (nSPS) is 14.4. The lowest BCUT2D eigenvalue weighted by Crippen LogP contribution is -2.36. The molecule has 1 aromatic carbocycles. The second kappa shape index (κ2) is 9.05. The van der Waals surface area contributed by atoms with Crippen molar-refractivity contribution in [2.75, 3.05) is 18.4 Å². The number of nitrogens with one attached hydrogen (secondary N) is 2. The first kappa shape index (κ1) is 21.8. The second-order valence-electron chi connectivity index (χ2n) is 8.73. The minimum atomic E-state index is -0.200. The molecule has 8 heteroatoms. The van der Waals surface area contributed by atoms with Crippen molar-refractivity contribution in [3.05, 3.63) is 76.7 Å². The van der Waals surface area contributed by atoms with Gasteiger partial charge in [-0.2, -0.15) is 0 Å². The number of aromatic amines is 1. The Morgan fingerprint density at radius 3 is 2.59 bits per heavy atom. The van der Waals surface area contributed by atoms with E-state index in [0.717, 1.165) is 42.6 Å². The highest BCUT2D eigenvalue weighted by atomic mass is 16.2. The molecule has 34 heavy (non-hydrogen) atoms. The molecule has 5 rings (SSSR count). The Balaban J connectivity index is 1.47. The van der Waals surface area contributed by atoms with E-state index in [2.05, 4.69) is 39.3 Å². The zero-order valence-corrected chi connectivity index (χ0v) is 19.2. The van der Waals surface area contributed by atoms with Gasteiger partial charge < -0.3 is 15.2 Å². The predicted octanol–water partition coefficient (Wildman–Crippen LogP) is 4.16. The van der Waals surface area contributed by atoms with E-state index in [9.17, 15) is 9.59 Å². The van der Waals surface area contributed by atoms with Crippen molar-refractivity contribution in [3.63, 3.8) is 0 Å². The number of aryl methyl sites for hydroxylation is 1. The van der Waals surface area contributed by atoms with E-state index in [1.54, 1.807) is 25.5 Å². The van der Waals surface area contributed by atoms with Crippen LogP contribution in [0, 0.1) is 6.92 Å². The number of carbonyl (C=O) groups excluding carboxylic acids is 1. The molecule has 1 aliphatic rings. The van der Waals surface area contributed by atoms with Crippen molar-refractivity contribution >= 4 is 28.2 Å². The fourth-order valence-corrected chi connectivity index (χ4v) is 4.74. The van der Waals surface area contributed by atoms with Crippen LogP contribution in [0.5, 0.6) is 0 Å². The number of nitrogens with zero attached hydrogens (tertiary/aromatic N) is 4. The summed E-state index contributed by atoms with van der Waals surface area (Å²) < 4.78 is 0. The van der Waals surface area contributed by atoms with Gasteiger partial charge in [-0.05, 0) is 66.5 Å². The van der Waals surface area contributed by atoms with Crippen LogP contribution in [-0.2, 0) is 4.79 Å². The van der Waals surface area contributed by atoms with E-state index in [1.807, 2.05) is 23.1 Å². The summed E-state index contributed by atoms with van der Waals surface area (Å²) >= 11 is 0. The predicted molar refractivity (Wildman–Crippen MR) is 132 cm³/mol. The lowest BCUT2D eigenvalue weighted by atomic mass is 9.86. The first-order valence-electron chi connectivity index (χ1n) is 11.4. The third-order valence-corrected chi connectivity index (χ3v) is 6.52. The summed E-state index contributed by atoms with van der Waals surface area (Å²) in [7, 11) is 0. The highest BCUT2D eigenvalue weighted by Gasteiger charge is 2.23. The van der Waals surface area contributed by atoms with E-state index in [4.69, 9.17) is 4.98 Å². The van der Waals surface area contributed by atoms with Crippen LogP contribution < -0.4 is 10.9 Å². The van der Waals surface area contributed by atoms with Gasteiger partial charge in [-0.3, -0.25) is 9.59 Å². The Kier molecular flexibility index (Phi) is 5.79. The molecule has 0 saturated carbocycles. The van der Waals surface area contributed by atoms with Gasteiger partial charge in [-0.25, -0.2) is 15.0 Å². The molecule has 0 aliphatic carbocycles. The van der Waals surface area contributed by atoms with Gasteiger partial charge in [0.1, 0.15) is 12.1 Å². The molecule has 1 amide bonds. The van der Waals surface area contributed by atoms with Gasteiger partial charge in [0, 0.05) is 49.9 Å². The zero-order chi connectivity index (χ0) is 23.7. The maximum Gasteiger partial charge on any atom is 0.259 e. The fourth-order valence-electron chi connectivity index (χ4n) is 4.74. The van der Waals surface area contributed by atoms with Gasteiger partial charge >= 0.3 is 0 Å². The third-order valence-electron chi connectivity index (χ3n) is 6.52. The standard InChI is InChI=1S/C26H26N6O2/c1-16-11-21(3-4-22(16)18-6-9-32(10-7-18)17(2)33)30-25-24-19(5-8-29-26(24)34)12-23(31-25)20-13-27-15-28-14-20/h3-5,8,11-15,18H,6-7,9-10H2,1-2H3,(H,29,34)(H,30,31). The van der Waals surface area contributed by atoms with Gasteiger partial charge in [0.25, 0.3) is 5.56 Å². The number of amides is 1. The molecule has 4 heterocycles. The average molecular weight is 455 g/mol. The summed E-state index contributed by atoms with van der Waals surface area (Å²) in [6, 6.07) is 10.0. The van der Waals surface area contributed by atoms with Crippen molar-refractivity contribution in [1.82, 2.24) is 24.8 Å². The van der Waals surface area contributed by atoms with Crippen LogP contribution in [-0.4, -0.2) is 43.8 Å². The van der Waals surface area contributed by atoms with E-state index in [-0.39, 0.29) is 11.5 Å². The van der Waals surface area contributed by atoms with Crippen molar-refractivity contribution in [3.8, 4) is 11.3 Å². The minimum Gasteiger partial charge on any atom is -0.343 e. The van der Waals surface area contributed by atoms with Crippen LogP contribution >= 0.6 is 0 Å². The van der Waals surface area contributed by atoms with Gasteiger partial charge in [-0.1, -0.05) is 6.07 Å². The number of pyridine rings is 2. The van der Waals surface area contributed by atoms with Gasteiger partial charge in [0.15, 0.2) is 0 Å². The number of likely N-dealkylation sites (tertiary alicyclic amines) is 1. The average Bonchev–Trinajstić information content (AvgIpc) is 2.85. The minimum absolute atomic E-state index is 0.147. The van der Waals surface area contributed by atoms with E-state index < -0.39 is 0 Å². The van der Waals surface area contributed by atoms with Crippen molar-refractivity contribution < 1.29 is 4.79 Å². The number of H-pyrrole nitrogens is 1. The van der Waals surface area contributed by atoms with Crippen LogP contribution in [0.25, 0.3) is 22.0 Å². The Bertz CT molecular complexity index is 1410. The topological polar surface area (TPSA) is 104 Å². The van der Waals surface area contributed by atoms with Crippen molar-refractivity contribution in [2.45, 2.75) is 32.6 Å². The number of aromatic nitrogens is 4. The maximum atomic E-state index is 12.7. The molecule has 0 unspecified atom stereocenters. The van der Waals surface area contributed by atoms with Gasteiger partial charge in [0.2, 0.25) is 5.91 Å². The largest absolute Gasteiger partial charge is 0.343 e. The molecule has 4 aromatic rings. The maximum absolute atomic E-state index is 12.7. The summed E-state index contributed by atoms with van der Waals surface area (Å²) in [5.41, 5.74) is 4.61. The summed E-state index contributed by atoms with van der Waals surface area (Å²) in [4.78, 5) is 41.9. The summed E-state index contributed by atoms with van der Waals surface area (Å²) in [6.45, 7) is 5.34. The number of hydrogen-bond acceptors (Lipinski definition) is 6. The van der Waals surface area contributed by atoms with Crippen molar-refractivity contribution in [1.29, 1.82) is 0 Å². The molecule has 0 bridgehead atoms. The molecule has 0 radical (unpaired) electrons. The fraction of sp³-hybridized carbons (Fsp3) is 0.269. The molecule has 172 valence electrons. The van der Waals surface area contributed by atoms with E-state index in [1.165, 1.54) is 17.5 Å². The van der Waals surface area contributed by atoms with Crippen molar-refractivity contribution in [2.24, 2.45) is 0 Å². The Morgan fingerprint density at radius 2 is 1.88 bits per heavy atom. The number of carbonyl (C=O) groups is 1. The SMILES string of the molecule is CC(=O)N1CCC(c2ccc(Nc3nc(-c4cncnc4)cc4cc[nH]c(=O)c34)cc2C)CC1. The lowest BCUT2D eigenvalue weighted by molar-refractivity contribution is -0.129. The number of fused-ring (bicyclic) bond motifs is 1. The first-order chi connectivity index (χ1) is 16.5. The second-order valence-corrected chi connectivity index (χ2v) is 8.73.